The average molecular weight is 241 g/mol. The maximum atomic E-state index is 11.6. The maximum absolute atomic E-state index is 11.6. The summed E-state index contributed by atoms with van der Waals surface area (Å²) in [5, 5.41) is 12.4. The zero-order valence-corrected chi connectivity index (χ0v) is 9.70. The third-order valence-corrected chi connectivity index (χ3v) is 4.49. The summed E-state index contributed by atoms with van der Waals surface area (Å²) in [6.07, 6.45) is 0.664. The van der Waals surface area contributed by atoms with E-state index in [1.165, 1.54) is 0 Å². The summed E-state index contributed by atoms with van der Waals surface area (Å²) in [7, 11) is -2.95. The maximum Gasteiger partial charge on any atom is 0.152 e. The summed E-state index contributed by atoms with van der Waals surface area (Å²) in [6.45, 7) is 0.713. The summed E-state index contributed by atoms with van der Waals surface area (Å²) in [4.78, 5) is 0. The number of hydrogen-bond acceptors (Lipinski definition) is 4. The molecule has 1 aromatic rings. The standard InChI is InChI=1S/C11H15NO3S/c13-10-4-2-9(3-5-10)11-8-16(14,15)7-1-6-12-11/h2-5,11-13H,1,6-8H2. The molecule has 1 aliphatic heterocycles. The molecule has 1 aliphatic rings. The second-order valence-corrected chi connectivity index (χ2v) is 6.29. The fourth-order valence-electron chi connectivity index (χ4n) is 1.89. The molecule has 4 nitrogen and oxygen atoms in total. The van der Waals surface area contributed by atoms with Crippen LogP contribution < -0.4 is 5.32 Å². The Morgan fingerprint density at radius 2 is 1.94 bits per heavy atom. The van der Waals surface area contributed by atoms with Crippen molar-refractivity contribution in [2.24, 2.45) is 0 Å². The Bertz CT molecular complexity index is 453. The molecule has 0 aliphatic carbocycles. The molecule has 0 spiro atoms. The molecule has 2 N–H and O–H groups in total. The zero-order chi connectivity index (χ0) is 11.6. The van der Waals surface area contributed by atoms with Crippen molar-refractivity contribution in [1.82, 2.24) is 5.32 Å². The molecule has 0 amide bonds. The lowest BCUT2D eigenvalue weighted by Gasteiger charge is -2.15. The van der Waals surface area contributed by atoms with Gasteiger partial charge in [-0.15, -0.1) is 0 Å². The Balaban J connectivity index is 2.22. The van der Waals surface area contributed by atoms with Crippen LogP contribution in [0.25, 0.3) is 0 Å². The van der Waals surface area contributed by atoms with Gasteiger partial charge in [-0.05, 0) is 30.7 Å². The number of aromatic hydroxyl groups is 1. The van der Waals surface area contributed by atoms with Crippen molar-refractivity contribution in [3.8, 4) is 5.75 Å². The first-order valence-electron chi connectivity index (χ1n) is 5.29. The van der Waals surface area contributed by atoms with Gasteiger partial charge < -0.3 is 10.4 Å². The van der Waals surface area contributed by atoms with Crippen molar-refractivity contribution < 1.29 is 13.5 Å². The highest BCUT2D eigenvalue weighted by atomic mass is 32.2. The first kappa shape index (κ1) is 11.4. The summed E-state index contributed by atoms with van der Waals surface area (Å²) in [5.74, 6) is 0.590. The van der Waals surface area contributed by atoms with E-state index in [0.29, 0.717) is 13.0 Å². The van der Waals surface area contributed by atoms with Crippen LogP contribution in [0.4, 0.5) is 0 Å². The molecular formula is C11H15NO3S. The van der Waals surface area contributed by atoms with Crippen LogP contribution in [0.1, 0.15) is 18.0 Å². The molecule has 1 saturated heterocycles. The molecule has 0 aromatic heterocycles. The minimum Gasteiger partial charge on any atom is -0.508 e. The molecule has 88 valence electrons. The van der Waals surface area contributed by atoms with Gasteiger partial charge in [0.2, 0.25) is 0 Å². The highest BCUT2D eigenvalue weighted by Gasteiger charge is 2.23. The number of rotatable bonds is 1. The smallest absolute Gasteiger partial charge is 0.152 e. The quantitative estimate of drug-likeness (QED) is 0.764. The van der Waals surface area contributed by atoms with Crippen LogP contribution >= 0.6 is 0 Å². The van der Waals surface area contributed by atoms with E-state index in [1.807, 2.05) is 0 Å². The zero-order valence-electron chi connectivity index (χ0n) is 8.89. The number of phenolic OH excluding ortho intramolecular Hbond substituents is 1. The second kappa shape index (κ2) is 4.43. The molecule has 0 radical (unpaired) electrons. The number of benzene rings is 1. The minimum absolute atomic E-state index is 0.137. The summed E-state index contributed by atoms with van der Waals surface area (Å²) in [6, 6.07) is 6.51. The van der Waals surface area contributed by atoms with Gasteiger partial charge in [-0.25, -0.2) is 8.42 Å². The van der Waals surface area contributed by atoms with E-state index in [4.69, 9.17) is 0 Å². The lowest BCUT2D eigenvalue weighted by atomic mass is 10.1. The Labute approximate surface area is 95.2 Å². The van der Waals surface area contributed by atoms with Crippen LogP contribution in [0, 0.1) is 0 Å². The number of phenols is 1. The van der Waals surface area contributed by atoms with E-state index < -0.39 is 9.84 Å². The first-order valence-corrected chi connectivity index (χ1v) is 7.12. The fraction of sp³-hybridized carbons (Fsp3) is 0.455. The van der Waals surface area contributed by atoms with Gasteiger partial charge >= 0.3 is 0 Å². The third kappa shape index (κ3) is 2.74. The van der Waals surface area contributed by atoms with E-state index >= 15 is 0 Å². The van der Waals surface area contributed by atoms with Gasteiger partial charge in [0, 0.05) is 6.04 Å². The largest absolute Gasteiger partial charge is 0.508 e. The van der Waals surface area contributed by atoms with Crippen LogP contribution in [0.2, 0.25) is 0 Å². The van der Waals surface area contributed by atoms with E-state index in [2.05, 4.69) is 5.32 Å². The second-order valence-electron chi connectivity index (χ2n) is 4.07. The Morgan fingerprint density at radius 3 is 2.62 bits per heavy atom. The number of sulfone groups is 1. The van der Waals surface area contributed by atoms with E-state index in [9.17, 15) is 13.5 Å². The van der Waals surface area contributed by atoms with Crippen molar-refractivity contribution in [1.29, 1.82) is 0 Å². The molecule has 2 rings (SSSR count). The van der Waals surface area contributed by atoms with E-state index in [1.54, 1.807) is 24.3 Å². The van der Waals surface area contributed by atoms with Crippen LogP contribution in [0.5, 0.6) is 5.75 Å². The molecule has 0 bridgehead atoms. The van der Waals surface area contributed by atoms with Crippen molar-refractivity contribution in [2.75, 3.05) is 18.1 Å². The van der Waals surface area contributed by atoms with Gasteiger partial charge in [-0.3, -0.25) is 0 Å². The Hall–Kier alpha value is -1.07. The molecule has 1 aromatic carbocycles. The fourth-order valence-corrected chi connectivity index (χ4v) is 3.45. The summed E-state index contributed by atoms with van der Waals surface area (Å²) in [5.41, 5.74) is 0.906. The summed E-state index contributed by atoms with van der Waals surface area (Å²) >= 11 is 0. The molecule has 1 fully saturated rings. The van der Waals surface area contributed by atoms with Gasteiger partial charge in [-0.1, -0.05) is 12.1 Å². The molecule has 1 atom stereocenters. The average Bonchev–Trinajstić information content (AvgIpc) is 2.40. The minimum atomic E-state index is -2.95. The van der Waals surface area contributed by atoms with Crippen LogP contribution in [0.3, 0.4) is 0 Å². The molecule has 1 unspecified atom stereocenters. The SMILES string of the molecule is O=S1(=O)CCCNC(c2ccc(O)cc2)C1. The van der Waals surface area contributed by atoms with Gasteiger partial charge in [-0.2, -0.15) is 0 Å². The Morgan fingerprint density at radius 1 is 1.25 bits per heavy atom. The van der Waals surface area contributed by atoms with Crippen molar-refractivity contribution in [2.45, 2.75) is 12.5 Å². The topological polar surface area (TPSA) is 66.4 Å². The number of nitrogens with one attached hydrogen (secondary N) is 1. The molecular weight excluding hydrogens is 226 g/mol. The van der Waals surface area contributed by atoms with Crippen molar-refractivity contribution in [3.05, 3.63) is 29.8 Å². The van der Waals surface area contributed by atoms with Crippen molar-refractivity contribution >= 4 is 9.84 Å². The van der Waals surface area contributed by atoms with Crippen LogP contribution in [-0.4, -0.2) is 31.6 Å². The monoisotopic (exact) mass is 241 g/mol. The Kier molecular flexibility index (Phi) is 3.16. The highest BCUT2D eigenvalue weighted by Crippen LogP contribution is 2.20. The highest BCUT2D eigenvalue weighted by molar-refractivity contribution is 7.91. The molecule has 1 heterocycles. The predicted octanol–water partition coefficient (Wildman–Crippen LogP) is 0.841. The van der Waals surface area contributed by atoms with Crippen molar-refractivity contribution in [3.63, 3.8) is 0 Å². The van der Waals surface area contributed by atoms with Gasteiger partial charge in [0.1, 0.15) is 5.75 Å². The van der Waals surface area contributed by atoms with Gasteiger partial charge in [0.15, 0.2) is 9.84 Å². The lowest BCUT2D eigenvalue weighted by molar-refractivity contribution is 0.474. The lowest BCUT2D eigenvalue weighted by Crippen LogP contribution is -2.25. The third-order valence-electron chi connectivity index (χ3n) is 2.74. The first-order chi connectivity index (χ1) is 7.57. The summed E-state index contributed by atoms with van der Waals surface area (Å²) < 4.78 is 23.3. The van der Waals surface area contributed by atoms with Gasteiger partial charge in [0.25, 0.3) is 0 Å². The van der Waals surface area contributed by atoms with Crippen LogP contribution in [0.15, 0.2) is 24.3 Å². The number of hydrogen-bond donors (Lipinski definition) is 2. The normalized spacial score (nSPS) is 24.9. The van der Waals surface area contributed by atoms with Gasteiger partial charge in [0.05, 0.1) is 11.5 Å². The van der Waals surface area contributed by atoms with E-state index in [0.717, 1.165) is 5.56 Å². The molecule has 16 heavy (non-hydrogen) atoms. The predicted molar refractivity (Wildman–Crippen MR) is 62.1 cm³/mol. The molecule has 0 saturated carbocycles. The van der Waals surface area contributed by atoms with Crippen LogP contribution in [-0.2, 0) is 9.84 Å². The molecule has 5 heteroatoms. The van der Waals surface area contributed by atoms with E-state index in [-0.39, 0.29) is 23.3 Å².